The lowest BCUT2D eigenvalue weighted by atomic mass is 9.97. The van der Waals surface area contributed by atoms with Gasteiger partial charge >= 0.3 is 0 Å². The number of carbonyl (C=O) groups is 1. The molecule has 144 valence electrons. The van der Waals surface area contributed by atoms with Gasteiger partial charge in [0.25, 0.3) is 0 Å². The molecule has 28 heavy (non-hydrogen) atoms. The molecule has 7 heteroatoms. The van der Waals surface area contributed by atoms with E-state index < -0.39 is 0 Å². The Hall–Kier alpha value is -3.09. The second-order valence-electron chi connectivity index (χ2n) is 6.91. The highest BCUT2D eigenvalue weighted by Gasteiger charge is 2.29. The molecule has 1 aliphatic rings. The largest absolute Gasteiger partial charge is 0.342 e. The lowest BCUT2D eigenvalue weighted by Crippen LogP contribution is -2.40. The van der Waals surface area contributed by atoms with Crippen molar-refractivity contribution in [3.05, 3.63) is 71.6 Å². The summed E-state index contributed by atoms with van der Waals surface area (Å²) in [7, 11) is 0. The Morgan fingerprint density at radius 2 is 2.04 bits per heavy atom. The van der Waals surface area contributed by atoms with E-state index in [-0.39, 0.29) is 29.9 Å². The van der Waals surface area contributed by atoms with Gasteiger partial charge in [0.1, 0.15) is 11.6 Å². The zero-order valence-electron chi connectivity index (χ0n) is 15.1. The Morgan fingerprint density at radius 3 is 2.86 bits per heavy atom. The van der Waals surface area contributed by atoms with Gasteiger partial charge in [0.15, 0.2) is 0 Å². The van der Waals surface area contributed by atoms with E-state index >= 15 is 0 Å². The van der Waals surface area contributed by atoms with Crippen LogP contribution >= 0.6 is 0 Å². The van der Waals surface area contributed by atoms with Crippen LogP contribution in [0.15, 0.2) is 53.1 Å². The molecule has 5 nitrogen and oxygen atoms in total. The maximum Gasteiger partial charge on any atom is 0.231 e. The average Bonchev–Trinajstić information content (AvgIpc) is 3.20. The highest BCUT2D eigenvalue weighted by atomic mass is 19.1. The Balaban J connectivity index is 1.45. The van der Waals surface area contributed by atoms with Crippen LogP contribution in [-0.4, -0.2) is 34.0 Å². The first-order valence-electron chi connectivity index (χ1n) is 9.21. The van der Waals surface area contributed by atoms with Crippen molar-refractivity contribution in [3.8, 4) is 11.4 Å². The normalized spacial score (nSPS) is 16.9. The lowest BCUT2D eigenvalue weighted by Gasteiger charge is -2.31. The van der Waals surface area contributed by atoms with Crippen molar-refractivity contribution in [2.45, 2.75) is 25.2 Å². The van der Waals surface area contributed by atoms with Crippen LogP contribution in [0.5, 0.6) is 0 Å². The molecule has 1 saturated heterocycles. The summed E-state index contributed by atoms with van der Waals surface area (Å²) in [6.45, 7) is 1.06. The molecule has 1 amide bonds. The molecule has 0 aliphatic carbocycles. The summed E-state index contributed by atoms with van der Waals surface area (Å²) in [5, 5.41) is 3.95. The molecular formula is C21H19F2N3O2. The highest BCUT2D eigenvalue weighted by molar-refractivity contribution is 5.79. The lowest BCUT2D eigenvalue weighted by molar-refractivity contribution is -0.131. The minimum atomic E-state index is -0.374. The number of rotatable bonds is 4. The number of likely N-dealkylation sites (tertiary alicyclic amines) is 1. The zero-order chi connectivity index (χ0) is 19.5. The van der Waals surface area contributed by atoms with Crippen molar-refractivity contribution in [3.63, 3.8) is 0 Å². The van der Waals surface area contributed by atoms with E-state index in [1.807, 2.05) is 0 Å². The van der Waals surface area contributed by atoms with Crippen molar-refractivity contribution < 1.29 is 18.1 Å². The van der Waals surface area contributed by atoms with Crippen LogP contribution in [0.25, 0.3) is 11.4 Å². The first-order chi connectivity index (χ1) is 13.6. The van der Waals surface area contributed by atoms with Gasteiger partial charge < -0.3 is 9.42 Å². The van der Waals surface area contributed by atoms with Gasteiger partial charge in [-0.1, -0.05) is 35.5 Å². The third-order valence-corrected chi connectivity index (χ3v) is 4.95. The fourth-order valence-corrected chi connectivity index (χ4v) is 3.47. The first-order valence-corrected chi connectivity index (χ1v) is 9.21. The number of hydrogen-bond donors (Lipinski definition) is 0. The first kappa shape index (κ1) is 18.3. The van der Waals surface area contributed by atoms with Gasteiger partial charge in [0.05, 0.1) is 12.3 Å². The second-order valence-corrected chi connectivity index (χ2v) is 6.91. The van der Waals surface area contributed by atoms with Crippen molar-refractivity contribution in [1.29, 1.82) is 0 Å². The Labute approximate surface area is 161 Å². The van der Waals surface area contributed by atoms with Crippen LogP contribution < -0.4 is 0 Å². The van der Waals surface area contributed by atoms with Crippen LogP contribution in [0.4, 0.5) is 8.78 Å². The van der Waals surface area contributed by atoms with Crippen LogP contribution in [0.2, 0.25) is 0 Å². The van der Waals surface area contributed by atoms with Crippen LogP contribution in [0.1, 0.15) is 30.2 Å². The second kappa shape index (κ2) is 7.88. The molecule has 2 heterocycles. The fraction of sp³-hybridized carbons (Fsp3) is 0.286. The van der Waals surface area contributed by atoms with E-state index in [0.29, 0.717) is 35.9 Å². The predicted molar refractivity (Wildman–Crippen MR) is 98.4 cm³/mol. The Morgan fingerprint density at radius 1 is 1.18 bits per heavy atom. The Bertz CT molecular complexity index is 989. The number of halogens is 2. The summed E-state index contributed by atoms with van der Waals surface area (Å²) >= 11 is 0. The van der Waals surface area contributed by atoms with Crippen LogP contribution in [0, 0.1) is 11.6 Å². The highest BCUT2D eigenvalue weighted by Crippen LogP contribution is 2.28. The molecule has 0 bridgehead atoms. The molecule has 3 aromatic rings. The van der Waals surface area contributed by atoms with E-state index in [2.05, 4.69) is 10.1 Å². The van der Waals surface area contributed by atoms with Crippen LogP contribution in [-0.2, 0) is 11.2 Å². The summed E-state index contributed by atoms with van der Waals surface area (Å²) in [5.41, 5.74) is 0.930. The monoisotopic (exact) mass is 383 g/mol. The maximum absolute atomic E-state index is 13.8. The molecule has 1 aliphatic heterocycles. The molecule has 0 spiro atoms. The van der Waals surface area contributed by atoms with E-state index in [0.717, 1.165) is 12.8 Å². The third kappa shape index (κ3) is 3.93. The molecule has 0 unspecified atom stereocenters. The maximum atomic E-state index is 13.8. The van der Waals surface area contributed by atoms with E-state index in [9.17, 15) is 13.6 Å². The minimum Gasteiger partial charge on any atom is -0.342 e. The van der Waals surface area contributed by atoms with Gasteiger partial charge in [-0.15, -0.1) is 0 Å². The summed E-state index contributed by atoms with van der Waals surface area (Å²) in [4.78, 5) is 18.7. The molecule has 2 aromatic carbocycles. The van der Waals surface area contributed by atoms with Crippen LogP contribution in [0.3, 0.4) is 0 Å². The van der Waals surface area contributed by atoms with Gasteiger partial charge in [-0.3, -0.25) is 4.79 Å². The standard InChI is InChI=1S/C21H19F2N3O2/c22-17-8-3-6-15(11-17)20-24-21(28-25-20)16-7-4-10-26(13-16)19(27)12-14-5-1-2-9-18(14)23/h1-3,5-6,8-9,11,16H,4,7,10,12-13H2/t16-/m0/s1. The predicted octanol–water partition coefficient (Wildman–Crippen LogP) is 3.96. The number of carbonyl (C=O) groups excluding carboxylic acids is 1. The number of hydrogen-bond acceptors (Lipinski definition) is 4. The van der Waals surface area contributed by atoms with Gasteiger partial charge in [-0.05, 0) is 36.6 Å². The molecule has 1 fully saturated rings. The molecule has 0 N–H and O–H groups in total. The summed E-state index contributed by atoms with van der Waals surface area (Å²) in [6.07, 6.45) is 1.64. The molecule has 0 saturated carbocycles. The van der Waals surface area contributed by atoms with Gasteiger partial charge in [-0.25, -0.2) is 8.78 Å². The van der Waals surface area contributed by atoms with Crippen molar-refractivity contribution in [1.82, 2.24) is 15.0 Å². The van der Waals surface area contributed by atoms with Gasteiger partial charge in [0.2, 0.25) is 17.6 Å². The summed E-state index contributed by atoms with van der Waals surface area (Å²) in [5.74, 6) is -0.202. The summed E-state index contributed by atoms with van der Waals surface area (Å²) in [6, 6.07) is 12.3. The summed E-state index contributed by atoms with van der Waals surface area (Å²) < 4.78 is 32.6. The van der Waals surface area contributed by atoms with Crippen molar-refractivity contribution in [2.75, 3.05) is 13.1 Å². The molecule has 1 atom stereocenters. The van der Waals surface area contributed by atoms with Gasteiger partial charge in [0, 0.05) is 18.7 Å². The van der Waals surface area contributed by atoms with E-state index in [1.54, 1.807) is 35.2 Å². The molecular weight excluding hydrogens is 364 g/mol. The zero-order valence-corrected chi connectivity index (χ0v) is 15.1. The van der Waals surface area contributed by atoms with Crippen molar-refractivity contribution >= 4 is 5.91 Å². The topological polar surface area (TPSA) is 59.2 Å². The number of amides is 1. The van der Waals surface area contributed by atoms with E-state index in [4.69, 9.17) is 4.52 Å². The Kier molecular flexibility index (Phi) is 5.14. The minimum absolute atomic E-state index is 0.0256. The number of aromatic nitrogens is 2. The SMILES string of the molecule is O=C(Cc1ccccc1F)N1CCC[C@H](c2nc(-c3cccc(F)c3)no2)C1. The van der Waals surface area contributed by atoms with Crippen molar-refractivity contribution in [2.24, 2.45) is 0 Å². The average molecular weight is 383 g/mol. The third-order valence-electron chi connectivity index (χ3n) is 4.95. The molecule has 1 aromatic heterocycles. The molecule has 0 radical (unpaired) electrons. The smallest absolute Gasteiger partial charge is 0.231 e. The quantitative estimate of drug-likeness (QED) is 0.684. The van der Waals surface area contributed by atoms with Gasteiger partial charge in [-0.2, -0.15) is 4.98 Å². The molecule has 4 rings (SSSR count). The number of piperidine rings is 1. The number of benzene rings is 2. The fourth-order valence-electron chi connectivity index (χ4n) is 3.47. The van der Waals surface area contributed by atoms with E-state index in [1.165, 1.54) is 18.2 Å². The number of nitrogens with zero attached hydrogens (tertiary/aromatic N) is 3.